The van der Waals surface area contributed by atoms with E-state index in [0.29, 0.717) is 16.9 Å². The minimum Gasteiger partial charge on any atom is -0.399 e. The molecule has 0 bridgehead atoms. The first-order valence-electron chi connectivity index (χ1n) is 4.00. The zero-order valence-corrected chi connectivity index (χ0v) is 6.93. The van der Waals surface area contributed by atoms with Gasteiger partial charge >= 0.3 is 0 Å². The van der Waals surface area contributed by atoms with Crippen LogP contribution < -0.4 is 11.1 Å². The summed E-state index contributed by atoms with van der Waals surface area (Å²) in [5, 5.41) is 2.73. The molecule has 0 saturated heterocycles. The number of hydrogen-bond acceptors (Lipinski definition) is 3. The van der Waals surface area contributed by atoms with Gasteiger partial charge in [-0.15, -0.1) is 0 Å². The first kappa shape index (κ1) is 8.04. The highest BCUT2D eigenvalue weighted by atomic mass is 19.1. The second-order valence-corrected chi connectivity index (χ2v) is 3.11. The van der Waals surface area contributed by atoms with Crippen LogP contribution in [0.4, 0.5) is 15.8 Å². The number of hydrogen-bond donors (Lipinski definition) is 2. The molecule has 0 amide bonds. The highest BCUT2D eigenvalue weighted by molar-refractivity contribution is 5.90. The van der Waals surface area contributed by atoms with E-state index in [4.69, 9.17) is 5.73 Å². The van der Waals surface area contributed by atoms with Gasteiger partial charge in [-0.05, 0) is 17.7 Å². The Morgan fingerprint density at radius 1 is 1.46 bits per heavy atom. The van der Waals surface area contributed by atoms with Crippen molar-refractivity contribution in [1.29, 1.82) is 0 Å². The Labute approximate surface area is 74.7 Å². The Kier molecular flexibility index (Phi) is 1.69. The van der Waals surface area contributed by atoms with E-state index in [-0.39, 0.29) is 24.6 Å². The average Bonchev–Trinajstić information content (AvgIpc) is 2.02. The van der Waals surface area contributed by atoms with Crippen molar-refractivity contribution < 1.29 is 9.18 Å². The Morgan fingerprint density at radius 3 is 3.00 bits per heavy atom. The van der Waals surface area contributed by atoms with E-state index >= 15 is 0 Å². The molecule has 0 saturated carbocycles. The summed E-state index contributed by atoms with van der Waals surface area (Å²) in [7, 11) is 0. The maximum atomic E-state index is 13.2. The largest absolute Gasteiger partial charge is 0.399 e. The molecule has 1 aromatic rings. The number of ketones is 1. The molecule has 68 valence electrons. The van der Waals surface area contributed by atoms with Gasteiger partial charge in [-0.2, -0.15) is 0 Å². The zero-order valence-electron chi connectivity index (χ0n) is 6.93. The summed E-state index contributed by atoms with van der Waals surface area (Å²) in [5.74, 6) is -0.333. The van der Waals surface area contributed by atoms with Gasteiger partial charge in [0.05, 0.1) is 12.2 Å². The number of fused-ring (bicyclic) bond motifs is 1. The van der Waals surface area contributed by atoms with Gasteiger partial charge in [-0.25, -0.2) is 4.39 Å². The Balaban J connectivity index is 2.53. The summed E-state index contributed by atoms with van der Waals surface area (Å²) in [5.41, 5.74) is 6.86. The molecule has 1 aliphatic rings. The molecule has 3 nitrogen and oxygen atoms in total. The lowest BCUT2D eigenvalue weighted by Gasteiger charge is -2.17. The van der Waals surface area contributed by atoms with Crippen molar-refractivity contribution >= 4 is 17.2 Å². The fraction of sp³-hybridized carbons (Fsp3) is 0.222. The normalized spacial score (nSPS) is 15.0. The van der Waals surface area contributed by atoms with E-state index in [1.54, 1.807) is 6.07 Å². The van der Waals surface area contributed by atoms with E-state index in [1.807, 2.05) is 0 Å². The lowest BCUT2D eigenvalue weighted by atomic mass is 10.0. The highest BCUT2D eigenvalue weighted by Crippen LogP contribution is 2.26. The summed E-state index contributed by atoms with van der Waals surface area (Å²) in [6.45, 7) is 0.202. The Bertz CT molecular complexity index is 376. The molecule has 0 aliphatic carbocycles. The summed E-state index contributed by atoms with van der Waals surface area (Å²) < 4.78 is 13.2. The molecule has 4 heteroatoms. The van der Waals surface area contributed by atoms with Crippen LogP contribution >= 0.6 is 0 Å². The number of anilines is 2. The van der Waals surface area contributed by atoms with Crippen LogP contribution in [0.3, 0.4) is 0 Å². The van der Waals surface area contributed by atoms with Crippen LogP contribution in [0.25, 0.3) is 0 Å². The number of rotatable bonds is 0. The van der Waals surface area contributed by atoms with Gasteiger partial charge in [0.25, 0.3) is 0 Å². The van der Waals surface area contributed by atoms with Gasteiger partial charge in [0, 0.05) is 12.1 Å². The van der Waals surface area contributed by atoms with Gasteiger partial charge in [0.2, 0.25) is 0 Å². The molecule has 0 radical (unpaired) electrons. The van der Waals surface area contributed by atoms with Gasteiger partial charge in [-0.3, -0.25) is 4.79 Å². The van der Waals surface area contributed by atoms with Crippen molar-refractivity contribution in [3.63, 3.8) is 0 Å². The summed E-state index contributed by atoms with van der Waals surface area (Å²) in [6, 6.07) is 2.88. The van der Waals surface area contributed by atoms with Crippen LogP contribution in [-0.4, -0.2) is 12.3 Å². The minimum atomic E-state index is -0.387. The van der Waals surface area contributed by atoms with Gasteiger partial charge in [-0.1, -0.05) is 0 Å². The van der Waals surface area contributed by atoms with Gasteiger partial charge in [0.15, 0.2) is 5.78 Å². The van der Waals surface area contributed by atoms with E-state index < -0.39 is 0 Å². The number of Topliss-reactive ketones (excluding diaryl/α,β-unsaturated/α-hetero) is 1. The zero-order chi connectivity index (χ0) is 9.42. The number of halogens is 1. The third kappa shape index (κ3) is 1.35. The third-order valence-electron chi connectivity index (χ3n) is 2.04. The molecule has 0 unspecified atom stereocenters. The van der Waals surface area contributed by atoms with Crippen molar-refractivity contribution in [2.24, 2.45) is 0 Å². The number of carbonyl (C=O) groups excluding carboxylic acids is 1. The molecular weight excluding hydrogens is 171 g/mol. The molecule has 13 heavy (non-hydrogen) atoms. The summed E-state index contributed by atoms with van der Waals surface area (Å²) in [6.07, 6.45) is 0.268. The van der Waals surface area contributed by atoms with Crippen LogP contribution in [0.1, 0.15) is 5.56 Å². The van der Waals surface area contributed by atoms with Crippen LogP contribution in [0, 0.1) is 5.82 Å². The summed E-state index contributed by atoms with van der Waals surface area (Å²) in [4.78, 5) is 11.0. The summed E-state index contributed by atoms with van der Waals surface area (Å²) >= 11 is 0. The van der Waals surface area contributed by atoms with Crippen molar-refractivity contribution in [3.05, 3.63) is 23.5 Å². The number of nitrogens with one attached hydrogen (secondary N) is 1. The maximum absolute atomic E-state index is 13.2. The SMILES string of the molecule is Nc1cc(F)c2c(c1)CC(=O)CN2. The third-order valence-corrected chi connectivity index (χ3v) is 2.04. The highest BCUT2D eigenvalue weighted by Gasteiger charge is 2.18. The quantitative estimate of drug-likeness (QED) is 0.584. The number of benzene rings is 1. The molecule has 0 aromatic heterocycles. The molecule has 1 aliphatic heterocycles. The monoisotopic (exact) mass is 180 g/mol. The smallest absolute Gasteiger partial charge is 0.156 e. The van der Waals surface area contributed by atoms with E-state index in [2.05, 4.69) is 5.32 Å². The van der Waals surface area contributed by atoms with Crippen molar-refractivity contribution in [1.82, 2.24) is 0 Å². The molecule has 1 aromatic carbocycles. The maximum Gasteiger partial charge on any atom is 0.156 e. The van der Waals surface area contributed by atoms with Gasteiger partial charge < -0.3 is 11.1 Å². The predicted octanol–water partition coefficient (Wildman–Crippen LogP) is 0.945. The van der Waals surface area contributed by atoms with Crippen LogP contribution in [0.2, 0.25) is 0 Å². The van der Waals surface area contributed by atoms with Crippen molar-refractivity contribution in [2.45, 2.75) is 6.42 Å². The molecule has 0 atom stereocenters. The molecular formula is C9H9FN2O. The minimum absolute atomic E-state index is 0.0532. The lowest BCUT2D eigenvalue weighted by molar-refractivity contribution is -0.117. The molecule has 2 rings (SSSR count). The van der Waals surface area contributed by atoms with Crippen LogP contribution in [-0.2, 0) is 11.2 Å². The fourth-order valence-electron chi connectivity index (χ4n) is 1.49. The van der Waals surface area contributed by atoms with Crippen LogP contribution in [0.5, 0.6) is 0 Å². The van der Waals surface area contributed by atoms with Crippen LogP contribution in [0.15, 0.2) is 12.1 Å². The second-order valence-electron chi connectivity index (χ2n) is 3.11. The average molecular weight is 180 g/mol. The predicted molar refractivity (Wildman–Crippen MR) is 48.0 cm³/mol. The molecule has 0 fully saturated rings. The molecule has 3 N–H and O–H groups in total. The molecule has 1 heterocycles. The topological polar surface area (TPSA) is 55.1 Å². The van der Waals surface area contributed by atoms with E-state index in [9.17, 15) is 9.18 Å². The fourth-order valence-corrected chi connectivity index (χ4v) is 1.49. The number of nitrogens with two attached hydrogens (primary N) is 1. The standard InChI is InChI=1S/C9H9FN2O/c10-8-3-6(11)1-5-2-7(13)4-12-9(5)8/h1,3,12H,2,4,11H2. The number of carbonyl (C=O) groups is 1. The van der Waals surface area contributed by atoms with Crippen molar-refractivity contribution in [3.8, 4) is 0 Å². The molecule has 0 spiro atoms. The first-order chi connectivity index (χ1) is 6.16. The lowest BCUT2D eigenvalue weighted by Crippen LogP contribution is -2.23. The van der Waals surface area contributed by atoms with E-state index in [0.717, 1.165) is 0 Å². The second kappa shape index (κ2) is 2.73. The number of nitrogen functional groups attached to an aromatic ring is 1. The Hall–Kier alpha value is -1.58. The van der Waals surface area contributed by atoms with Gasteiger partial charge in [0.1, 0.15) is 5.82 Å². The Morgan fingerprint density at radius 2 is 2.23 bits per heavy atom. The van der Waals surface area contributed by atoms with Crippen molar-refractivity contribution in [2.75, 3.05) is 17.6 Å². The first-order valence-corrected chi connectivity index (χ1v) is 4.00. The van der Waals surface area contributed by atoms with E-state index in [1.165, 1.54) is 6.07 Å².